The first-order valence-electron chi connectivity index (χ1n) is 8.26. The molecule has 2 rings (SSSR count). The van der Waals surface area contributed by atoms with E-state index in [1.165, 1.54) is 5.56 Å². The van der Waals surface area contributed by atoms with E-state index in [9.17, 15) is 4.79 Å². The standard InChI is InChI=1S/C20H25NO2/c1-3-16(2)17-11-13-18(14-12-17)21-20(22)10-7-15-23-19-8-5-4-6-9-19/h4-6,8-9,11-14,16H,3,7,10,15H2,1-2H3,(H,21,22)/t16-/m0/s1. The Balaban J connectivity index is 1.70. The Morgan fingerprint density at radius 3 is 2.43 bits per heavy atom. The van der Waals surface area contributed by atoms with E-state index in [0.717, 1.165) is 17.9 Å². The largest absolute Gasteiger partial charge is 0.494 e. The second kappa shape index (κ2) is 8.99. The molecule has 0 unspecified atom stereocenters. The summed E-state index contributed by atoms with van der Waals surface area (Å²) in [6, 6.07) is 17.8. The van der Waals surface area contributed by atoms with Crippen molar-refractivity contribution in [1.29, 1.82) is 0 Å². The number of benzene rings is 2. The second-order valence-electron chi connectivity index (χ2n) is 5.74. The Kier molecular flexibility index (Phi) is 6.67. The Labute approximate surface area is 138 Å². The van der Waals surface area contributed by atoms with Gasteiger partial charge >= 0.3 is 0 Å². The first-order valence-corrected chi connectivity index (χ1v) is 8.26. The number of carbonyl (C=O) groups excluding carboxylic acids is 1. The minimum atomic E-state index is 0.0259. The zero-order valence-electron chi connectivity index (χ0n) is 13.9. The third-order valence-corrected chi connectivity index (χ3v) is 3.94. The predicted octanol–water partition coefficient (Wildman–Crippen LogP) is 5.00. The molecule has 0 radical (unpaired) electrons. The van der Waals surface area contributed by atoms with Gasteiger partial charge in [-0.05, 0) is 48.6 Å². The zero-order valence-corrected chi connectivity index (χ0v) is 13.9. The number of amides is 1. The lowest BCUT2D eigenvalue weighted by atomic mass is 9.99. The highest BCUT2D eigenvalue weighted by atomic mass is 16.5. The van der Waals surface area contributed by atoms with Gasteiger partial charge in [-0.2, -0.15) is 0 Å². The fourth-order valence-corrected chi connectivity index (χ4v) is 2.29. The summed E-state index contributed by atoms with van der Waals surface area (Å²) in [5, 5.41) is 2.93. The van der Waals surface area contributed by atoms with Crippen LogP contribution in [0.4, 0.5) is 5.69 Å². The quantitative estimate of drug-likeness (QED) is 0.697. The Morgan fingerprint density at radius 2 is 1.78 bits per heavy atom. The molecule has 0 aliphatic carbocycles. The molecule has 2 aromatic carbocycles. The second-order valence-corrected chi connectivity index (χ2v) is 5.74. The van der Waals surface area contributed by atoms with Crippen LogP contribution in [0.25, 0.3) is 0 Å². The smallest absolute Gasteiger partial charge is 0.224 e. The van der Waals surface area contributed by atoms with Crippen LogP contribution in [-0.2, 0) is 4.79 Å². The molecule has 0 saturated carbocycles. The first-order chi connectivity index (χ1) is 11.2. The van der Waals surface area contributed by atoms with Crippen molar-refractivity contribution in [2.45, 2.75) is 39.0 Å². The van der Waals surface area contributed by atoms with Gasteiger partial charge in [-0.1, -0.05) is 44.2 Å². The first kappa shape index (κ1) is 17.1. The number of para-hydroxylation sites is 1. The highest BCUT2D eigenvalue weighted by Gasteiger charge is 2.05. The monoisotopic (exact) mass is 311 g/mol. The van der Waals surface area contributed by atoms with Crippen LogP contribution in [0.3, 0.4) is 0 Å². The van der Waals surface area contributed by atoms with Gasteiger partial charge in [0.05, 0.1) is 6.61 Å². The normalized spacial score (nSPS) is 11.7. The summed E-state index contributed by atoms with van der Waals surface area (Å²) in [7, 11) is 0. The van der Waals surface area contributed by atoms with E-state index >= 15 is 0 Å². The molecule has 122 valence electrons. The predicted molar refractivity (Wildman–Crippen MR) is 94.9 cm³/mol. The lowest BCUT2D eigenvalue weighted by Gasteiger charge is -2.10. The van der Waals surface area contributed by atoms with Crippen molar-refractivity contribution in [3.63, 3.8) is 0 Å². The maximum Gasteiger partial charge on any atom is 0.224 e. The Hall–Kier alpha value is -2.29. The highest BCUT2D eigenvalue weighted by molar-refractivity contribution is 5.90. The number of anilines is 1. The summed E-state index contributed by atoms with van der Waals surface area (Å²) >= 11 is 0. The van der Waals surface area contributed by atoms with Gasteiger partial charge in [-0.3, -0.25) is 4.79 Å². The molecular weight excluding hydrogens is 286 g/mol. The molecule has 1 atom stereocenters. The van der Waals surface area contributed by atoms with Crippen LogP contribution in [-0.4, -0.2) is 12.5 Å². The van der Waals surface area contributed by atoms with Crippen molar-refractivity contribution in [2.75, 3.05) is 11.9 Å². The van der Waals surface area contributed by atoms with Crippen LogP contribution < -0.4 is 10.1 Å². The van der Waals surface area contributed by atoms with Crippen LogP contribution in [0, 0.1) is 0 Å². The summed E-state index contributed by atoms with van der Waals surface area (Å²) in [6.45, 7) is 4.93. The van der Waals surface area contributed by atoms with Crippen LogP contribution in [0.2, 0.25) is 0 Å². The van der Waals surface area contributed by atoms with E-state index < -0.39 is 0 Å². The molecule has 0 heterocycles. The van der Waals surface area contributed by atoms with E-state index in [-0.39, 0.29) is 5.91 Å². The third-order valence-electron chi connectivity index (χ3n) is 3.94. The summed E-state index contributed by atoms with van der Waals surface area (Å²) < 4.78 is 5.58. The van der Waals surface area contributed by atoms with E-state index in [1.54, 1.807) is 0 Å². The van der Waals surface area contributed by atoms with E-state index in [0.29, 0.717) is 25.4 Å². The van der Waals surface area contributed by atoms with Gasteiger partial charge in [0.1, 0.15) is 5.75 Å². The van der Waals surface area contributed by atoms with Crippen molar-refractivity contribution in [3.05, 3.63) is 60.2 Å². The minimum absolute atomic E-state index is 0.0259. The molecule has 0 aliphatic rings. The fraction of sp³-hybridized carbons (Fsp3) is 0.350. The number of hydrogen-bond acceptors (Lipinski definition) is 2. The molecule has 1 amide bonds. The summed E-state index contributed by atoms with van der Waals surface area (Å²) in [6.07, 6.45) is 2.28. The maximum atomic E-state index is 11.9. The number of ether oxygens (including phenoxy) is 1. The SMILES string of the molecule is CC[C@H](C)c1ccc(NC(=O)CCCOc2ccccc2)cc1. The van der Waals surface area contributed by atoms with Gasteiger partial charge in [-0.15, -0.1) is 0 Å². The van der Waals surface area contributed by atoms with Crippen LogP contribution in [0.15, 0.2) is 54.6 Å². The molecule has 23 heavy (non-hydrogen) atoms. The Morgan fingerprint density at radius 1 is 1.09 bits per heavy atom. The zero-order chi connectivity index (χ0) is 16.5. The molecule has 3 heteroatoms. The number of carbonyl (C=O) groups is 1. The average Bonchev–Trinajstić information content (AvgIpc) is 2.59. The van der Waals surface area contributed by atoms with Gasteiger partial charge in [0.15, 0.2) is 0 Å². The van der Waals surface area contributed by atoms with Gasteiger partial charge in [0, 0.05) is 12.1 Å². The molecule has 0 bridgehead atoms. The lowest BCUT2D eigenvalue weighted by Crippen LogP contribution is -2.12. The molecule has 0 aliphatic heterocycles. The van der Waals surface area contributed by atoms with Gasteiger partial charge in [0.25, 0.3) is 0 Å². The van der Waals surface area contributed by atoms with Crippen LogP contribution >= 0.6 is 0 Å². The molecule has 0 saturated heterocycles. The summed E-state index contributed by atoms with van der Waals surface area (Å²) in [4.78, 5) is 11.9. The third kappa shape index (κ3) is 5.78. The van der Waals surface area contributed by atoms with Crippen LogP contribution in [0.1, 0.15) is 44.6 Å². The molecule has 1 N–H and O–H groups in total. The molecule has 0 spiro atoms. The maximum absolute atomic E-state index is 11.9. The molecular formula is C20H25NO2. The molecule has 2 aromatic rings. The van der Waals surface area contributed by atoms with Crippen molar-refractivity contribution in [1.82, 2.24) is 0 Å². The van der Waals surface area contributed by atoms with E-state index in [2.05, 4.69) is 31.3 Å². The van der Waals surface area contributed by atoms with Crippen molar-refractivity contribution < 1.29 is 9.53 Å². The van der Waals surface area contributed by atoms with Crippen molar-refractivity contribution in [3.8, 4) is 5.75 Å². The number of rotatable bonds is 8. The molecule has 3 nitrogen and oxygen atoms in total. The average molecular weight is 311 g/mol. The summed E-state index contributed by atoms with van der Waals surface area (Å²) in [5.74, 6) is 1.42. The minimum Gasteiger partial charge on any atom is -0.494 e. The van der Waals surface area contributed by atoms with Crippen molar-refractivity contribution in [2.24, 2.45) is 0 Å². The van der Waals surface area contributed by atoms with E-state index in [4.69, 9.17) is 4.74 Å². The van der Waals surface area contributed by atoms with Crippen LogP contribution in [0.5, 0.6) is 5.75 Å². The van der Waals surface area contributed by atoms with Gasteiger partial charge < -0.3 is 10.1 Å². The highest BCUT2D eigenvalue weighted by Crippen LogP contribution is 2.20. The topological polar surface area (TPSA) is 38.3 Å². The number of hydrogen-bond donors (Lipinski definition) is 1. The molecule has 0 aromatic heterocycles. The lowest BCUT2D eigenvalue weighted by molar-refractivity contribution is -0.116. The van der Waals surface area contributed by atoms with Gasteiger partial charge in [-0.25, -0.2) is 0 Å². The fourth-order valence-electron chi connectivity index (χ4n) is 2.29. The Bertz CT molecular complexity index is 593. The number of nitrogens with one attached hydrogen (secondary N) is 1. The molecule has 0 fully saturated rings. The van der Waals surface area contributed by atoms with Gasteiger partial charge in [0.2, 0.25) is 5.91 Å². The summed E-state index contributed by atoms with van der Waals surface area (Å²) in [5.41, 5.74) is 2.16. The van der Waals surface area contributed by atoms with Crippen molar-refractivity contribution >= 4 is 11.6 Å². The van der Waals surface area contributed by atoms with E-state index in [1.807, 2.05) is 42.5 Å².